The van der Waals surface area contributed by atoms with E-state index in [9.17, 15) is 0 Å². The summed E-state index contributed by atoms with van der Waals surface area (Å²) in [5.41, 5.74) is 0.711. The fourth-order valence-corrected chi connectivity index (χ4v) is 2.00. The maximum atomic E-state index is 8.44. The molecule has 0 atom stereocenters. The summed E-state index contributed by atoms with van der Waals surface area (Å²) >= 11 is 11.8. The number of benzene rings is 1. The standard InChI is InChI=1S/C12H9Cl2N3O/c13-9-5-8(6-10(14)7-9)12-16-11(18-17-12)3-1-2-4-15/h5-7H,1-3H2. The molecule has 0 radical (unpaired) electrons. The van der Waals surface area contributed by atoms with E-state index in [-0.39, 0.29) is 0 Å². The molecule has 4 nitrogen and oxygen atoms in total. The molecule has 1 aromatic heterocycles. The van der Waals surface area contributed by atoms with Crippen LogP contribution in [0.1, 0.15) is 18.7 Å². The van der Waals surface area contributed by atoms with Crippen molar-refractivity contribution in [3.63, 3.8) is 0 Å². The molecule has 0 saturated heterocycles. The average Bonchev–Trinajstić information content (AvgIpc) is 2.77. The number of nitrogens with zero attached hydrogens (tertiary/aromatic N) is 3. The van der Waals surface area contributed by atoms with Gasteiger partial charge in [-0.15, -0.1) is 0 Å². The van der Waals surface area contributed by atoms with Crippen LogP contribution in [0.5, 0.6) is 0 Å². The van der Waals surface area contributed by atoms with Crippen LogP contribution in [0, 0.1) is 11.3 Å². The van der Waals surface area contributed by atoms with Gasteiger partial charge in [0.25, 0.3) is 0 Å². The highest BCUT2D eigenvalue weighted by Crippen LogP contribution is 2.25. The molecule has 2 rings (SSSR count). The highest BCUT2D eigenvalue weighted by molar-refractivity contribution is 6.35. The Labute approximate surface area is 114 Å². The monoisotopic (exact) mass is 281 g/mol. The minimum atomic E-state index is 0.450. The van der Waals surface area contributed by atoms with Crippen LogP contribution in [0.2, 0.25) is 10.0 Å². The van der Waals surface area contributed by atoms with Gasteiger partial charge in [0.05, 0.1) is 6.07 Å². The first-order valence-corrected chi connectivity index (χ1v) is 6.10. The lowest BCUT2D eigenvalue weighted by Crippen LogP contribution is -1.85. The van der Waals surface area contributed by atoms with Crippen molar-refractivity contribution in [1.82, 2.24) is 10.1 Å². The second-order valence-corrected chi connectivity index (χ2v) is 4.55. The number of nitriles is 1. The number of hydrogen-bond donors (Lipinski definition) is 0. The minimum Gasteiger partial charge on any atom is -0.339 e. The first-order valence-electron chi connectivity index (χ1n) is 5.35. The lowest BCUT2D eigenvalue weighted by atomic mass is 10.2. The number of hydrogen-bond acceptors (Lipinski definition) is 4. The van der Waals surface area contributed by atoms with Crippen molar-refractivity contribution >= 4 is 23.2 Å². The van der Waals surface area contributed by atoms with Crippen molar-refractivity contribution in [1.29, 1.82) is 5.26 Å². The molecule has 0 aliphatic rings. The molecular formula is C12H9Cl2N3O. The molecule has 0 N–H and O–H groups in total. The Morgan fingerprint density at radius 2 is 1.94 bits per heavy atom. The van der Waals surface area contributed by atoms with Gasteiger partial charge in [-0.3, -0.25) is 0 Å². The van der Waals surface area contributed by atoms with Gasteiger partial charge in [0, 0.05) is 28.5 Å². The average molecular weight is 282 g/mol. The van der Waals surface area contributed by atoms with E-state index in [2.05, 4.69) is 16.2 Å². The molecule has 18 heavy (non-hydrogen) atoms. The summed E-state index contributed by atoms with van der Waals surface area (Å²) in [5, 5.41) is 13.3. The molecule has 0 saturated carbocycles. The number of aromatic nitrogens is 2. The highest BCUT2D eigenvalue weighted by Gasteiger charge is 2.09. The first-order chi connectivity index (χ1) is 8.69. The third-order valence-corrected chi connectivity index (χ3v) is 2.70. The Hall–Kier alpha value is -1.57. The van der Waals surface area contributed by atoms with Crippen LogP contribution >= 0.6 is 23.2 Å². The van der Waals surface area contributed by atoms with E-state index in [1.165, 1.54) is 0 Å². The molecule has 1 aromatic carbocycles. The van der Waals surface area contributed by atoms with Crippen molar-refractivity contribution < 1.29 is 4.52 Å². The van der Waals surface area contributed by atoms with E-state index in [0.29, 0.717) is 46.6 Å². The fourth-order valence-electron chi connectivity index (χ4n) is 1.48. The summed E-state index contributed by atoms with van der Waals surface area (Å²) in [6.45, 7) is 0. The van der Waals surface area contributed by atoms with Crippen LogP contribution in [0.25, 0.3) is 11.4 Å². The number of rotatable bonds is 4. The number of aryl methyl sites for hydroxylation is 1. The van der Waals surface area contributed by atoms with E-state index in [1.807, 2.05) is 0 Å². The summed E-state index contributed by atoms with van der Waals surface area (Å²) in [5.74, 6) is 0.961. The van der Waals surface area contributed by atoms with Crippen LogP contribution in [0.4, 0.5) is 0 Å². The van der Waals surface area contributed by atoms with Crippen molar-refractivity contribution in [2.45, 2.75) is 19.3 Å². The molecular weight excluding hydrogens is 273 g/mol. The molecule has 2 aromatic rings. The van der Waals surface area contributed by atoms with Crippen LogP contribution in [-0.4, -0.2) is 10.1 Å². The predicted molar refractivity (Wildman–Crippen MR) is 68.3 cm³/mol. The molecule has 92 valence electrons. The largest absolute Gasteiger partial charge is 0.339 e. The Kier molecular flexibility index (Phi) is 4.19. The van der Waals surface area contributed by atoms with Crippen LogP contribution in [0.3, 0.4) is 0 Å². The topological polar surface area (TPSA) is 62.7 Å². The van der Waals surface area contributed by atoms with E-state index in [0.717, 1.165) is 0 Å². The van der Waals surface area contributed by atoms with Gasteiger partial charge < -0.3 is 4.52 Å². The molecule has 0 amide bonds. The van der Waals surface area contributed by atoms with Crippen molar-refractivity contribution in [2.24, 2.45) is 0 Å². The van der Waals surface area contributed by atoms with Gasteiger partial charge in [-0.1, -0.05) is 28.4 Å². The number of halogens is 2. The zero-order valence-electron chi connectivity index (χ0n) is 9.36. The van der Waals surface area contributed by atoms with Gasteiger partial charge in [-0.05, 0) is 24.6 Å². The summed E-state index contributed by atoms with van der Waals surface area (Å²) in [6.07, 6.45) is 1.77. The van der Waals surface area contributed by atoms with Gasteiger partial charge in [-0.2, -0.15) is 10.2 Å². The maximum absolute atomic E-state index is 8.44. The second kappa shape index (κ2) is 5.85. The van der Waals surface area contributed by atoms with E-state index in [4.69, 9.17) is 33.0 Å². The highest BCUT2D eigenvalue weighted by atomic mass is 35.5. The molecule has 0 unspecified atom stereocenters. The molecule has 0 bridgehead atoms. The molecule has 0 aliphatic carbocycles. The minimum absolute atomic E-state index is 0.450. The Morgan fingerprint density at radius 3 is 2.61 bits per heavy atom. The normalized spacial score (nSPS) is 10.3. The Balaban J connectivity index is 2.16. The van der Waals surface area contributed by atoms with Crippen LogP contribution in [0.15, 0.2) is 22.7 Å². The molecule has 0 aliphatic heterocycles. The lowest BCUT2D eigenvalue weighted by molar-refractivity contribution is 0.376. The quantitative estimate of drug-likeness (QED) is 0.798. The predicted octanol–water partition coefficient (Wildman–Crippen LogP) is 3.89. The first kappa shape index (κ1) is 12.9. The maximum Gasteiger partial charge on any atom is 0.226 e. The summed E-state index contributed by atoms with van der Waals surface area (Å²) in [6, 6.07) is 7.15. The van der Waals surface area contributed by atoms with Crippen molar-refractivity contribution in [3.05, 3.63) is 34.1 Å². The third kappa shape index (κ3) is 3.22. The zero-order valence-corrected chi connectivity index (χ0v) is 10.9. The zero-order chi connectivity index (χ0) is 13.0. The number of unbranched alkanes of at least 4 members (excludes halogenated alkanes) is 1. The Bertz CT molecular complexity index is 569. The van der Waals surface area contributed by atoms with E-state index in [1.54, 1.807) is 18.2 Å². The van der Waals surface area contributed by atoms with Gasteiger partial charge in [0.1, 0.15) is 0 Å². The van der Waals surface area contributed by atoms with Crippen LogP contribution in [-0.2, 0) is 6.42 Å². The smallest absolute Gasteiger partial charge is 0.226 e. The van der Waals surface area contributed by atoms with Crippen LogP contribution < -0.4 is 0 Å². The summed E-state index contributed by atoms with van der Waals surface area (Å²) < 4.78 is 5.09. The molecule has 0 spiro atoms. The molecule has 0 fully saturated rings. The van der Waals surface area contributed by atoms with Gasteiger partial charge in [0.15, 0.2) is 0 Å². The lowest BCUT2D eigenvalue weighted by Gasteiger charge is -1.97. The fraction of sp³-hybridized carbons (Fsp3) is 0.250. The Morgan fingerprint density at radius 1 is 1.22 bits per heavy atom. The SMILES string of the molecule is N#CCCCc1nc(-c2cc(Cl)cc(Cl)c2)no1. The summed E-state index contributed by atoms with van der Waals surface area (Å²) in [4.78, 5) is 4.23. The van der Waals surface area contributed by atoms with E-state index >= 15 is 0 Å². The van der Waals surface area contributed by atoms with E-state index < -0.39 is 0 Å². The second-order valence-electron chi connectivity index (χ2n) is 3.68. The van der Waals surface area contributed by atoms with Crippen molar-refractivity contribution in [3.8, 4) is 17.5 Å². The summed E-state index contributed by atoms with van der Waals surface area (Å²) in [7, 11) is 0. The third-order valence-electron chi connectivity index (χ3n) is 2.27. The molecule has 1 heterocycles. The van der Waals surface area contributed by atoms with Gasteiger partial charge in [0.2, 0.25) is 11.7 Å². The van der Waals surface area contributed by atoms with Crippen molar-refractivity contribution in [2.75, 3.05) is 0 Å². The van der Waals surface area contributed by atoms with Gasteiger partial charge in [-0.25, -0.2) is 0 Å². The van der Waals surface area contributed by atoms with Gasteiger partial charge >= 0.3 is 0 Å². The molecule has 6 heteroatoms.